The fourth-order valence-corrected chi connectivity index (χ4v) is 4.58. The minimum atomic E-state index is -3.13. The highest BCUT2D eigenvalue weighted by Gasteiger charge is 2.22. The standard InChI is InChI=1S/C16H24N4O2S2/c1-13-3-4-16(23-13)12-19-9-14(5-8-18-24(2,21)22)10-20-15(11-19)6-7-17-20/h3-4,6-7,14,18H,5,8-12H2,1-2H3/t14-/m0/s1. The topological polar surface area (TPSA) is 67.2 Å². The van der Waals surface area contributed by atoms with Crippen LogP contribution in [-0.4, -0.2) is 42.4 Å². The van der Waals surface area contributed by atoms with Gasteiger partial charge in [0, 0.05) is 48.7 Å². The second-order valence-electron chi connectivity index (χ2n) is 6.51. The molecule has 24 heavy (non-hydrogen) atoms. The van der Waals surface area contributed by atoms with Crippen molar-refractivity contribution in [1.82, 2.24) is 19.4 Å². The predicted octanol–water partition coefficient (Wildman–Crippen LogP) is 1.82. The highest BCUT2D eigenvalue weighted by atomic mass is 32.2. The number of aromatic nitrogens is 2. The van der Waals surface area contributed by atoms with E-state index in [0.29, 0.717) is 12.5 Å². The molecule has 0 amide bonds. The molecule has 3 rings (SSSR count). The molecule has 6 nitrogen and oxygen atoms in total. The van der Waals surface area contributed by atoms with Gasteiger partial charge in [0.25, 0.3) is 0 Å². The van der Waals surface area contributed by atoms with Crippen molar-refractivity contribution in [3.63, 3.8) is 0 Å². The zero-order chi connectivity index (χ0) is 17.2. The molecular formula is C16H24N4O2S2. The third-order valence-corrected chi connectivity index (χ3v) is 5.94. The number of aryl methyl sites for hydroxylation is 1. The van der Waals surface area contributed by atoms with Crippen molar-refractivity contribution in [3.8, 4) is 0 Å². The molecule has 2 aromatic heterocycles. The number of rotatable bonds is 6. The Morgan fingerprint density at radius 2 is 2.17 bits per heavy atom. The van der Waals surface area contributed by atoms with E-state index in [0.717, 1.165) is 32.6 Å². The number of thiophene rings is 1. The van der Waals surface area contributed by atoms with Crippen LogP contribution >= 0.6 is 11.3 Å². The van der Waals surface area contributed by atoms with E-state index in [-0.39, 0.29) is 0 Å². The highest BCUT2D eigenvalue weighted by Crippen LogP contribution is 2.23. The van der Waals surface area contributed by atoms with Crippen LogP contribution in [0.1, 0.15) is 21.9 Å². The Hall–Kier alpha value is -1.22. The monoisotopic (exact) mass is 368 g/mol. The number of hydrogen-bond acceptors (Lipinski definition) is 5. The number of fused-ring (bicyclic) bond motifs is 1. The normalized spacial score (nSPS) is 19.2. The predicted molar refractivity (Wildman–Crippen MR) is 96.4 cm³/mol. The van der Waals surface area contributed by atoms with Crippen molar-refractivity contribution in [2.24, 2.45) is 5.92 Å². The maximum Gasteiger partial charge on any atom is 0.208 e. The first kappa shape index (κ1) is 17.6. The van der Waals surface area contributed by atoms with Crippen LogP contribution in [0.2, 0.25) is 0 Å². The van der Waals surface area contributed by atoms with Gasteiger partial charge in [0.1, 0.15) is 0 Å². The third kappa shape index (κ3) is 4.89. The fourth-order valence-electron chi connectivity index (χ4n) is 3.16. The van der Waals surface area contributed by atoms with E-state index in [2.05, 4.69) is 44.5 Å². The second kappa shape index (κ2) is 7.35. The third-order valence-electron chi connectivity index (χ3n) is 4.23. The van der Waals surface area contributed by atoms with Gasteiger partial charge in [-0.2, -0.15) is 5.10 Å². The Morgan fingerprint density at radius 3 is 2.88 bits per heavy atom. The summed E-state index contributed by atoms with van der Waals surface area (Å²) in [5.41, 5.74) is 1.22. The molecule has 1 atom stereocenters. The SMILES string of the molecule is Cc1ccc(CN2Cc3ccnn3C[C@@H](CCNS(C)(=O)=O)C2)s1. The lowest BCUT2D eigenvalue weighted by Gasteiger charge is -2.23. The summed E-state index contributed by atoms with van der Waals surface area (Å²) in [4.78, 5) is 5.14. The maximum atomic E-state index is 11.3. The van der Waals surface area contributed by atoms with Gasteiger partial charge in [-0.1, -0.05) is 0 Å². The number of sulfonamides is 1. The molecule has 2 aromatic rings. The van der Waals surface area contributed by atoms with Gasteiger partial charge in [-0.15, -0.1) is 11.3 Å². The Labute approximate surface area is 147 Å². The Morgan fingerprint density at radius 1 is 1.33 bits per heavy atom. The molecule has 0 saturated carbocycles. The van der Waals surface area contributed by atoms with Crippen molar-refractivity contribution < 1.29 is 8.42 Å². The molecule has 0 aromatic carbocycles. The second-order valence-corrected chi connectivity index (χ2v) is 9.71. The largest absolute Gasteiger partial charge is 0.292 e. The average Bonchev–Trinajstić information content (AvgIpc) is 3.03. The summed E-state index contributed by atoms with van der Waals surface area (Å²) in [5.74, 6) is 0.376. The van der Waals surface area contributed by atoms with Gasteiger partial charge in [0.05, 0.1) is 11.9 Å². The first-order chi connectivity index (χ1) is 11.4. The van der Waals surface area contributed by atoms with Crippen LogP contribution in [0.15, 0.2) is 24.4 Å². The molecule has 0 spiro atoms. The van der Waals surface area contributed by atoms with Crippen LogP contribution in [0.3, 0.4) is 0 Å². The molecule has 0 unspecified atom stereocenters. The molecule has 0 radical (unpaired) electrons. The van der Waals surface area contributed by atoms with E-state index < -0.39 is 10.0 Å². The van der Waals surface area contributed by atoms with Crippen LogP contribution in [0, 0.1) is 12.8 Å². The Balaban J connectivity index is 1.68. The molecule has 0 aliphatic carbocycles. The lowest BCUT2D eigenvalue weighted by molar-refractivity contribution is 0.217. The van der Waals surface area contributed by atoms with Crippen molar-refractivity contribution in [1.29, 1.82) is 0 Å². The van der Waals surface area contributed by atoms with Gasteiger partial charge in [-0.05, 0) is 37.5 Å². The molecule has 8 heteroatoms. The van der Waals surface area contributed by atoms with E-state index in [9.17, 15) is 8.42 Å². The summed E-state index contributed by atoms with van der Waals surface area (Å²) in [6.45, 7) is 6.21. The first-order valence-electron chi connectivity index (χ1n) is 8.12. The van der Waals surface area contributed by atoms with Gasteiger partial charge < -0.3 is 0 Å². The molecule has 132 valence electrons. The molecule has 1 N–H and O–H groups in total. The molecule has 1 aliphatic heterocycles. The van der Waals surface area contributed by atoms with Crippen molar-refractivity contribution >= 4 is 21.4 Å². The van der Waals surface area contributed by atoms with E-state index in [1.807, 2.05) is 17.5 Å². The fraction of sp³-hybridized carbons (Fsp3) is 0.562. The lowest BCUT2D eigenvalue weighted by atomic mass is 10.1. The number of hydrogen-bond donors (Lipinski definition) is 1. The molecule has 0 bridgehead atoms. The zero-order valence-corrected chi connectivity index (χ0v) is 15.7. The summed E-state index contributed by atoms with van der Waals surface area (Å²) in [7, 11) is -3.13. The summed E-state index contributed by atoms with van der Waals surface area (Å²) in [5, 5.41) is 4.42. The average molecular weight is 369 g/mol. The summed E-state index contributed by atoms with van der Waals surface area (Å²) < 4.78 is 27.2. The van der Waals surface area contributed by atoms with Crippen LogP contribution < -0.4 is 4.72 Å². The lowest BCUT2D eigenvalue weighted by Crippen LogP contribution is -2.31. The van der Waals surface area contributed by atoms with E-state index in [1.165, 1.54) is 21.7 Å². The van der Waals surface area contributed by atoms with Gasteiger partial charge in [0.15, 0.2) is 0 Å². The van der Waals surface area contributed by atoms with Crippen molar-refractivity contribution in [2.45, 2.75) is 33.0 Å². The van der Waals surface area contributed by atoms with Crippen molar-refractivity contribution in [2.75, 3.05) is 19.3 Å². The van der Waals surface area contributed by atoms with Gasteiger partial charge >= 0.3 is 0 Å². The first-order valence-corrected chi connectivity index (χ1v) is 10.8. The van der Waals surface area contributed by atoms with Crippen LogP contribution in [0.4, 0.5) is 0 Å². The van der Waals surface area contributed by atoms with E-state index in [1.54, 1.807) is 0 Å². The Bertz CT molecular complexity index is 782. The van der Waals surface area contributed by atoms with E-state index in [4.69, 9.17) is 0 Å². The summed E-state index contributed by atoms with van der Waals surface area (Å²) in [6, 6.07) is 6.43. The van der Waals surface area contributed by atoms with Gasteiger partial charge in [-0.3, -0.25) is 9.58 Å². The molecule has 1 aliphatic rings. The summed E-state index contributed by atoms with van der Waals surface area (Å²) >= 11 is 1.84. The molecule has 3 heterocycles. The molecule has 0 fully saturated rings. The van der Waals surface area contributed by atoms with Crippen molar-refractivity contribution in [3.05, 3.63) is 39.8 Å². The van der Waals surface area contributed by atoms with Crippen LogP contribution in [0.5, 0.6) is 0 Å². The summed E-state index contributed by atoms with van der Waals surface area (Å²) in [6.07, 6.45) is 3.86. The Kier molecular flexibility index (Phi) is 5.39. The highest BCUT2D eigenvalue weighted by molar-refractivity contribution is 7.88. The van der Waals surface area contributed by atoms with Crippen LogP contribution in [-0.2, 0) is 29.7 Å². The quantitative estimate of drug-likeness (QED) is 0.845. The van der Waals surface area contributed by atoms with Gasteiger partial charge in [-0.25, -0.2) is 13.1 Å². The molecular weight excluding hydrogens is 344 g/mol. The minimum absolute atomic E-state index is 0.376. The van der Waals surface area contributed by atoms with Gasteiger partial charge in [0.2, 0.25) is 10.0 Å². The zero-order valence-electron chi connectivity index (χ0n) is 14.1. The van der Waals surface area contributed by atoms with Crippen LogP contribution in [0.25, 0.3) is 0 Å². The number of nitrogens with zero attached hydrogens (tertiary/aromatic N) is 3. The van der Waals surface area contributed by atoms with E-state index >= 15 is 0 Å². The smallest absolute Gasteiger partial charge is 0.208 e. The maximum absolute atomic E-state index is 11.3. The number of nitrogens with one attached hydrogen (secondary N) is 1. The molecule has 0 saturated heterocycles. The minimum Gasteiger partial charge on any atom is -0.292 e.